The van der Waals surface area contributed by atoms with E-state index in [-0.39, 0.29) is 11.4 Å². The van der Waals surface area contributed by atoms with Gasteiger partial charge in [-0.1, -0.05) is 0 Å². The molecule has 2 amide bonds. The second-order valence-corrected chi connectivity index (χ2v) is 4.03. The number of carbonyl (C=O) groups excluding carboxylic acids is 2. The highest BCUT2D eigenvalue weighted by Gasteiger charge is 2.44. The number of rotatable bonds is 5. The fourth-order valence-corrected chi connectivity index (χ4v) is 1.38. The third-order valence-electron chi connectivity index (χ3n) is 2.12. The second-order valence-electron chi connectivity index (χ2n) is 4.03. The quantitative estimate of drug-likeness (QED) is 0.822. The number of alkyl halides is 4. The van der Waals surface area contributed by atoms with Crippen LogP contribution in [0, 0.1) is 0 Å². The van der Waals surface area contributed by atoms with Gasteiger partial charge in [-0.25, -0.2) is 0 Å². The Morgan fingerprint density at radius 2 is 1.62 bits per heavy atom. The number of anilines is 2. The van der Waals surface area contributed by atoms with Crippen molar-refractivity contribution in [2.45, 2.75) is 26.4 Å². The zero-order valence-corrected chi connectivity index (χ0v) is 11.0. The Labute approximate surface area is 117 Å². The number of ether oxygens (including phenoxy) is 1. The average Bonchev–Trinajstić information content (AvgIpc) is 2.30. The number of amides is 2. The van der Waals surface area contributed by atoms with E-state index >= 15 is 0 Å². The van der Waals surface area contributed by atoms with Crippen LogP contribution in [-0.4, -0.2) is 24.3 Å². The van der Waals surface area contributed by atoms with Crippen molar-refractivity contribution >= 4 is 23.2 Å². The fourth-order valence-electron chi connectivity index (χ4n) is 1.38. The summed E-state index contributed by atoms with van der Waals surface area (Å²) >= 11 is 0. The number of hydrogen-bond acceptors (Lipinski definition) is 3. The molecule has 116 valence electrons. The molecule has 5 nitrogen and oxygen atoms in total. The molecule has 0 radical (unpaired) electrons. The molecule has 0 unspecified atom stereocenters. The van der Waals surface area contributed by atoms with Crippen molar-refractivity contribution in [3.8, 4) is 5.75 Å². The largest absolute Gasteiger partial charge is 0.461 e. The Balaban J connectivity index is 3.09. The second kappa shape index (κ2) is 6.42. The number of benzene rings is 1. The maximum absolute atomic E-state index is 12.8. The summed E-state index contributed by atoms with van der Waals surface area (Å²) in [5.74, 6) is -1.59. The Morgan fingerprint density at radius 1 is 1.10 bits per heavy atom. The van der Waals surface area contributed by atoms with Crippen molar-refractivity contribution in [3.63, 3.8) is 0 Å². The molecule has 1 aromatic carbocycles. The van der Waals surface area contributed by atoms with Crippen LogP contribution in [0.2, 0.25) is 0 Å². The molecule has 0 atom stereocenters. The van der Waals surface area contributed by atoms with Gasteiger partial charge in [-0.05, 0) is 12.1 Å². The molecule has 0 spiro atoms. The standard InChI is InChI=1S/C12H12F4N2O3/c1-6(19)17-9-4-3-8(5-10(9)18-7(2)20)21-12(15,16)11(13)14/h3-5,11H,1-2H3,(H,17,19)(H,18,20). The Morgan fingerprint density at radius 3 is 2.10 bits per heavy atom. The van der Waals surface area contributed by atoms with Crippen molar-refractivity contribution in [3.05, 3.63) is 18.2 Å². The van der Waals surface area contributed by atoms with Crippen LogP contribution in [0.15, 0.2) is 18.2 Å². The number of carbonyl (C=O) groups is 2. The van der Waals surface area contributed by atoms with Crippen molar-refractivity contribution in [2.24, 2.45) is 0 Å². The molecule has 0 saturated heterocycles. The molecule has 0 fully saturated rings. The van der Waals surface area contributed by atoms with Gasteiger partial charge in [0.25, 0.3) is 0 Å². The molecule has 0 saturated carbocycles. The molecule has 0 aliphatic rings. The SMILES string of the molecule is CC(=O)Nc1ccc(OC(F)(F)C(F)F)cc1NC(C)=O. The van der Waals surface area contributed by atoms with Gasteiger partial charge in [-0.15, -0.1) is 0 Å². The van der Waals surface area contributed by atoms with Crippen molar-refractivity contribution < 1.29 is 31.9 Å². The molecule has 2 N–H and O–H groups in total. The molecule has 1 rings (SSSR count). The van der Waals surface area contributed by atoms with Gasteiger partial charge in [0, 0.05) is 19.9 Å². The highest BCUT2D eigenvalue weighted by molar-refractivity contribution is 5.98. The first-order valence-electron chi connectivity index (χ1n) is 5.66. The number of nitrogens with one attached hydrogen (secondary N) is 2. The summed E-state index contributed by atoms with van der Waals surface area (Å²) in [7, 11) is 0. The molecular weight excluding hydrogens is 296 g/mol. The van der Waals surface area contributed by atoms with Gasteiger partial charge in [-0.3, -0.25) is 9.59 Å². The third kappa shape index (κ3) is 4.93. The van der Waals surface area contributed by atoms with E-state index in [4.69, 9.17) is 0 Å². The van der Waals surface area contributed by atoms with Crippen LogP contribution in [0.1, 0.15) is 13.8 Å². The first kappa shape index (κ1) is 16.7. The highest BCUT2D eigenvalue weighted by Crippen LogP contribution is 2.32. The Bertz CT molecular complexity index is 549. The average molecular weight is 308 g/mol. The van der Waals surface area contributed by atoms with Crippen LogP contribution in [-0.2, 0) is 9.59 Å². The lowest BCUT2D eigenvalue weighted by atomic mass is 10.2. The van der Waals surface area contributed by atoms with E-state index in [1.807, 2.05) is 0 Å². The van der Waals surface area contributed by atoms with Crippen LogP contribution < -0.4 is 15.4 Å². The van der Waals surface area contributed by atoms with Crippen LogP contribution in [0.5, 0.6) is 5.75 Å². The predicted molar refractivity (Wildman–Crippen MR) is 66.6 cm³/mol. The minimum atomic E-state index is -4.66. The smallest absolute Gasteiger partial charge is 0.428 e. The van der Waals surface area contributed by atoms with Crippen LogP contribution >= 0.6 is 0 Å². The zero-order valence-electron chi connectivity index (χ0n) is 11.0. The van der Waals surface area contributed by atoms with Crippen molar-refractivity contribution in [2.75, 3.05) is 10.6 Å². The molecule has 0 aliphatic carbocycles. The fraction of sp³-hybridized carbons (Fsp3) is 0.333. The summed E-state index contributed by atoms with van der Waals surface area (Å²) in [6, 6.07) is 3.01. The number of hydrogen-bond donors (Lipinski definition) is 2. The third-order valence-corrected chi connectivity index (χ3v) is 2.12. The zero-order chi connectivity index (χ0) is 16.2. The maximum Gasteiger partial charge on any atom is 0.461 e. The predicted octanol–water partition coefficient (Wildman–Crippen LogP) is 2.84. The van der Waals surface area contributed by atoms with E-state index in [1.54, 1.807) is 0 Å². The van der Waals surface area contributed by atoms with Gasteiger partial charge < -0.3 is 15.4 Å². The molecule has 0 aliphatic heterocycles. The van der Waals surface area contributed by atoms with E-state index in [2.05, 4.69) is 15.4 Å². The molecule has 9 heteroatoms. The topological polar surface area (TPSA) is 67.4 Å². The Hall–Kier alpha value is -2.32. The maximum atomic E-state index is 12.8. The molecule has 1 aromatic rings. The normalized spacial score (nSPS) is 11.2. The van der Waals surface area contributed by atoms with E-state index in [9.17, 15) is 27.2 Å². The Kier molecular flexibility index (Phi) is 5.12. The van der Waals surface area contributed by atoms with Gasteiger partial charge in [0.15, 0.2) is 0 Å². The first-order valence-corrected chi connectivity index (χ1v) is 5.66. The summed E-state index contributed by atoms with van der Waals surface area (Å²) in [5, 5.41) is 4.61. The van der Waals surface area contributed by atoms with Crippen LogP contribution in [0.4, 0.5) is 28.9 Å². The molecule has 0 bridgehead atoms. The molecule has 0 heterocycles. The van der Waals surface area contributed by atoms with Gasteiger partial charge in [0.05, 0.1) is 11.4 Å². The minimum absolute atomic E-state index is 0.0553. The van der Waals surface area contributed by atoms with E-state index in [0.717, 1.165) is 25.1 Å². The molecule has 0 aromatic heterocycles. The number of halogens is 4. The van der Waals surface area contributed by atoms with Gasteiger partial charge in [-0.2, -0.15) is 17.6 Å². The van der Waals surface area contributed by atoms with E-state index in [0.29, 0.717) is 0 Å². The van der Waals surface area contributed by atoms with Gasteiger partial charge in [0.2, 0.25) is 11.8 Å². The summed E-state index contributed by atoms with van der Waals surface area (Å²) in [5.41, 5.74) is 0.0608. The van der Waals surface area contributed by atoms with Gasteiger partial charge >= 0.3 is 12.5 Å². The summed E-state index contributed by atoms with van der Waals surface area (Å²) in [6.45, 7) is 2.35. The minimum Gasteiger partial charge on any atom is -0.428 e. The van der Waals surface area contributed by atoms with Crippen LogP contribution in [0.3, 0.4) is 0 Å². The van der Waals surface area contributed by atoms with Gasteiger partial charge in [0.1, 0.15) is 5.75 Å². The van der Waals surface area contributed by atoms with Crippen LogP contribution in [0.25, 0.3) is 0 Å². The van der Waals surface area contributed by atoms with E-state index in [1.165, 1.54) is 6.92 Å². The monoisotopic (exact) mass is 308 g/mol. The summed E-state index contributed by atoms with van der Waals surface area (Å²) in [6.07, 6.45) is -8.67. The first-order chi connectivity index (χ1) is 9.61. The lowest BCUT2D eigenvalue weighted by Crippen LogP contribution is -2.33. The highest BCUT2D eigenvalue weighted by atomic mass is 19.3. The lowest BCUT2D eigenvalue weighted by Gasteiger charge is -2.18. The lowest BCUT2D eigenvalue weighted by molar-refractivity contribution is -0.253. The summed E-state index contributed by atoms with van der Waals surface area (Å²) in [4.78, 5) is 22.0. The van der Waals surface area contributed by atoms with Crippen molar-refractivity contribution in [1.82, 2.24) is 0 Å². The summed E-state index contributed by atoms with van der Waals surface area (Å²) < 4.78 is 53.6. The molecular formula is C12H12F4N2O3. The van der Waals surface area contributed by atoms with Crippen molar-refractivity contribution in [1.29, 1.82) is 0 Å². The molecule has 21 heavy (non-hydrogen) atoms. The van der Waals surface area contributed by atoms with E-state index < -0.39 is 30.1 Å².